The third-order valence-electron chi connectivity index (χ3n) is 2.77. The fourth-order valence-corrected chi connectivity index (χ4v) is 2.48. The SMILES string of the molecule is O=C(N/N=C/c1cc(Cl)cc(Br)c1O)c1ccc([N+](=O)[O-])cc1. The number of rotatable bonds is 4. The summed E-state index contributed by atoms with van der Waals surface area (Å²) in [5, 5.41) is 24.5. The molecule has 0 spiro atoms. The Morgan fingerprint density at radius 1 is 1.35 bits per heavy atom. The molecule has 0 saturated carbocycles. The van der Waals surface area contributed by atoms with Crippen molar-refractivity contribution in [3.8, 4) is 5.75 Å². The number of nitrogens with one attached hydrogen (secondary N) is 1. The number of non-ortho nitro benzene ring substituents is 1. The number of carbonyl (C=O) groups excluding carboxylic acids is 1. The van der Waals surface area contributed by atoms with Crippen LogP contribution in [0.5, 0.6) is 5.75 Å². The molecule has 0 aliphatic rings. The smallest absolute Gasteiger partial charge is 0.271 e. The monoisotopic (exact) mass is 397 g/mol. The molecule has 0 saturated heterocycles. The van der Waals surface area contributed by atoms with Crippen molar-refractivity contribution in [2.75, 3.05) is 0 Å². The highest BCUT2D eigenvalue weighted by molar-refractivity contribution is 9.10. The van der Waals surface area contributed by atoms with Crippen molar-refractivity contribution >= 4 is 45.3 Å². The van der Waals surface area contributed by atoms with Gasteiger partial charge < -0.3 is 5.11 Å². The maximum Gasteiger partial charge on any atom is 0.271 e. The number of phenols is 1. The predicted octanol–water partition coefficient (Wildman–Crippen LogP) is 3.48. The number of nitro benzene ring substituents is 1. The fourth-order valence-electron chi connectivity index (χ4n) is 1.64. The van der Waals surface area contributed by atoms with Gasteiger partial charge in [0.2, 0.25) is 0 Å². The Hall–Kier alpha value is -2.45. The summed E-state index contributed by atoms with van der Waals surface area (Å²) in [5.41, 5.74) is 2.67. The highest BCUT2D eigenvalue weighted by Crippen LogP contribution is 2.30. The number of phenolic OH excluding ortho intramolecular Hbond substituents is 1. The normalized spacial score (nSPS) is 10.7. The van der Waals surface area contributed by atoms with E-state index in [2.05, 4.69) is 26.5 Å². The van der Waals surface area contributed by atoms with Crippen molar-refractivity contribution in [3.05, 3.63) is 67.1 Å². The summed E-state index contributed by atoms with van der Waals surface area (Å²) >= 11 is 8.99. The zero-order chi connectivity index (χ0) is 17.0. The maximum atomic E-state index is 11.8. The molecular weight excluding hydrogens is 390 g/mol. The summed E-state index contributed by atoms with van der Waals surface area (Å²) in [5.74, 6) is -0.612. The first kappa shape index (κ1) is 16.9. The molecule has 2 aromatic carbocycles. The number of hydrogen-bond donors (Lipinski definition) is 2. The minimum atomic E-state index is -0.556. The van der Waals surface area contributed by atoms with Gasteiger partial charge in [0.1, 0.15) is 5.75 Å². The first-order valence-corrected chi connectivity index (χ1v) is 7.31. The Bertz CT molecular complexity index is 793. The lowest BCUT2D eigenvalue weighted by Gasteiger charge is -2.03. The first-order valence-electron chi connectivity index (χ1n) is 6.14. The van der Waals surface area contributed by atoms with Crippen LogP contribution in [0, 0.1) is 10.1 Å². The average molecular weight is 399 g/mol. The quantitative estimate of drug-likeness (QED) is 0.467. The topological polar surface area (TPSA) is 105 Å². The molecule has 9 heteroatoms. The van der Waals surface area contributed by atoms with E-state index in [9.17, 15) is 20.0 Å². The summed E-state index contributed by atoms with van der Waals surface area (Å²) in [6.07, 6.45) is 1.23. The van der Waals surface area contributed by atoms with Crippen LogP contribution in [0.4, 0.5) is 5.69 Å². The Morgan fingerprint density at radius 3 is 2.61 bits per heavy atom. The Labute approximate surface area is 143 Å². The van der Waals surface area contributed by atoms with Gasteiger partial charge in [0, 0.05) is 28.3 Å². The highest BCUT2D eigenvalue weighted by atomic mass is 79.9. The molecule has 0 aromatic heterocycles. The number of halogens is 2. The van der Waals surface area contributed by atoms with Gasteiger partial charge in [-0.05, 0) is 40.2 Å². The molecule has 0 aliphatic heterocycles. The summed E-state index contributed by atoms with van der Waals surface area (Å²) in [6, 6.07) is 8.07. The van der Waals surface area contributed by atoms with Gasteiger partial charge in [0.05, 0.1) is 15.6 Å². The molecule has 0 atom stereocenters. The van der Waals surface area contributed by atoms with Gasteiger partial charge in [-0.3, -0.25) is 14.9 Å². The molecule has 1 amide bonds. The van der Waals surface area contributed by atoms with Crippen molar-refractivity contribution in [2.45, 2.75) is 0 Å². The van der Waals surface area contributed by atoms with Gasteiger partial charge in [-0.25, -0.2) is 5.43 Å². The van der Waals surface area contributed by atoms with Crippen molar-refractivity contribution in [2.24, 2.45) is 5.10 Å². The Balaban J connectivity index is 2.08. The van der Waals surface area contributed by atoms with Gasteiger partial charge in [0.15, 0.2) is 0 Å². The van der Waals surface area contributed by atoms with Crippen molar-refractivity contribution in [1.82, 2.24) is 5.43 Å². The molecule has 0 heterocycles. The third kappa shape index (κ3) is 4.27. The van der Waals surface area contributed by atoms with E-state index in [1.54, 1.807) is 0 Å². The minimum absolute atomic E-state index is 0.0669. The number of amides is 1. The largest absolute Gasteiger partial charge is 0.506 e. The molecule has 0 fully saturated rings. The van der Waals surface area contributed by atoms with E-state index in [0.29, 0.717) is 15.1 Å². The van der Waals surface area contributed by atoms with Gasteiger partial charge >= 0.3 is 0 Å². The molecule has 2 N–H and O–H groups in total. The molecule has 0 bridgehead atoms. The Morgan fingerprint density at radius 2 is 2.00 bits per heavy atom. The highest BCUT2D eigenvalue weighted by Gasteiger charge is 2.09. The zero-order valence-corrected chi connectivity index (χ0v) is 13.7. The summed E-state index contributed by atoms with van der Waals surface area (Å²) in [6.45, 7) is 0. The molecule has 2 rings (SSSR count). The number of hydrazone groups is 1. The lowest BCUT2D eigenvalue weighted by molar-refractivity contribution is -0.384. The first-order chi connectivity index (χ1) is 10.9. The molecule has 2 aromatic rings. The lowest BCUT2D eigenvalue weighted by Crippen LogP contribution is -2.17. The van der Waals surface area contributed by atoms with Gasteiger partial charge in [-0.15, -0.1) is 0 Å². The zero-order valence-electron chi connectivity index (χ0n) is 11.4. The summed E-state index contributed by atoms with van der Waals surface area (Å²) in [4.78, 5) is 21.8. The molecule has 23 heavy (non-hydrogen) atoms. The van der Waals surface area contributed by atoms with E-state index in [4.69, 9.17) is 11.6 Å². The van der Waals surface area contributed by atoms with Gasteiger partial charge in [-0.1, -0.05) is 11.6 Å². The van der Waals surface area contributed by atoms with E-state index >= 15 is 0 Å². The number of nitrogens with zero attached hydrogens (tertiary/aromatic N) is 2. The van der Waals surface area contributed by atoms with Crippen LogP contribution < -0.4 is 5.43 Å². The van der Waals surface area contributed by atoms with E-state index < -0.39 is 10.8 Å². The van der Waals surface area contributed by atoms with Crippen molar-refractivity contribution in [3.63, 3.8) is 0 Å². The predicted molar refractivity (Wildman–Crippen MR) is 89.0 cm³/mol. The third-order valence-corrected chi connectivity index (χ3v) is 3.59. The number of benzene rings is 2. The molecule has 0 unspecified atom stereocenters. The van der Waals surface area contributed by atoms with Crippen LogP contribution in [-0.4, -0.2) is 22.2 Å². The van der Waals surface area contributed by atoms with Crippen molar-refractivity contribution < 1.29 is 14.8 Å². The van der Waals surface area contributed by atoms with Crippen LogP contribution >= 0.6 is 27.5 Å². The van der Waals surface area contributed by atoms with E-state index in [1.165, 1.54) is 42.6 Å². The van der Waals surface area contributed by atoms with Crippen molar-refractivity contribution in [1.29, 1.82) is 0 Å². The number of carbonyl (C=O) groups is 1. The van der Waals surface area contributed by atoms with Crippen LogP contribution in [0.2, 0.25) is 5.02 Å². The molecular formula is C14H9BrClN3O4. The summed E-state index contributed by atoms with van der Waals surface area (Å²) in [7, 11) is 0. The average Bonchev–Trinajstić information content (AvgIpc) is 2.51. The standard InChI is InChI=1S/C14H9BrClN3O4/c15-12-6-10(16)5-9(13(12)20)7-17-18-14(21)8-1-3-11(4-2-8)19(22)23/h1-7,20H,(H,18,21)/b17-7+. The van der Waals surface area contributed by atoms with E-state index in [0.717, 1.165) is 0 Å². The minimum Gasteiger partial charge on any atom is -0.506 e. The van der Waals surface area contributed by atoms with Crippen LogP contribution in [0.25, 0.3) is 0 Å². The fraction of sp³-hybridized carbons (Fsp3) is 0. The molecule has 0 radical (unpaired) electrons. The molecule has 7 nitrogen and oxygen atoms in total. The molecule has 118 valence electrons. The van der Waals surface area contributed by atoms with Crippen LogP contribution in [0.3, 0.4) is 0 Å². The van der Waals surface area contributed by atoms with Crippen LogP contribution in [-0.2, 0) is 0 Å². The lowest BCUT2D eigenvalue weighted by atomic mass is 10.2. The second-order valence-electron chi connectivity index (χ2n) is 4.33. The number of nitro groups is 1. The second-order valence-corrected chi connectivity index (χ2v) is 5.62. The van der Waals surface area contributed by atoms with Crippen LogP contribution in [0.1, 0.15) is 15.9 Å². The second kappa shape index (κ2) is 7.21. The molecule has 0 aliphatic carbocycles. The van der Waals surface area contributed by atoms with Gasteiger partial charge in [-0.2, -0.15) is 5.10 Å². The van der Waals surface area contributed by atoms with Crippen LogP contribution in [0.15, 0.2) is 46.0 Å². The van der Waals surface area contributed by atoms with E-state index in [1.807, 2.05) is 0 Å². The Kier molecular flexibility index (Phi) is 5.30. The van der Waals surface area contributed by atoms with E-state index in [-0.39, 0.29) is 17.0 Å². The number of hydrogen-bond acceptors (Lipinski definition) is 5. The number of aromatic hydroxyl groups is 1. The van der Waals surface area contributed by atoms with Gasteiger partial charge in [0.25, 0.3) is 11.6 Å². The maximum absolute atomic E-state index is 11.8. The summed E-state index contributed by atoms with van der Waals surface area (Å²) < 4.78 is 0.396.